The molecule has 0 amide bonds. The van der Waals surface area contributed by atoms with Gasteiger partial charge in [0.15, 0.2) is 0 Å². The molecule has 0 atom stereocenters. The van der Waals surface area contributed by atoms with Crippen LogP contribution in [0.3, 0.4) is 0 Å². The first-order valence-electron chi connectivity index (χ1n) is 7.39. The van der Waals surface area contributed by atoms with Crippen LogP contribution in [-0.4, -0.2) is 40.3 Å². The number of thioether (sulfide) groups is 1. The molecule has 2 rings (SSSR count). The molecule has 1 aromatic rings. The molecular formula is C14H25N5S. The number of nitrogens with two attached hydrogens (primary N) is 1. The van der Waals surface area contributed by atoms with Crippen molar-refractivity contribution in [2.75, 3.05) is 30.8 Å². The van der Waals surface area contributed by atoms with Gasteiger partial charge in [-0.1, -0.05) is 13.8 Å². The third-order valence-electron chi connectivity index (χ3n) is 3.74. The van der Waals surface area contributed by atoms with Crippen LogP contribution >= 0.6 is 11.8 Å². The molecule has 0 aromatic carbocycles. The normalized spacial score (nSPS) is 14.8. The maximum atomic E-state index is 5.57. The third kappa shape index (κ3) is 3.84. The fraction of sp³-hybridized carbons (Fsp3) is 0.714. The lowest BCUT2D eigenvalue weighted by Gasteiger charge is -2.18. The minimum atomic E-state index is 0.546. The van der Waals surface area contributed by atoms with Crippen LogP contribution in [0.4, 0.5) is 5.82 Å². The van der Waals surface area contributed by atoms with Crippen LogP contribution in [0.5, 0.6) is 0 Å². The Morgan fingerprint density at radius 1 is 1.30 bits per heavy atom. The van der Waals surface area contributed by atoms with E-state index >= 15 is 0 Å². The number of nitrogens with one attached hydrogen (secondary N) is 1. The monoisotopic (exact) mass is 295 g/mol. The quantitative estimate of drug-likeness (QED) is 0.332. The van der Waals surface area contributed by atoms with E-state index in [0.29, 0.717) is 5.92 Å². The van der Waals surface area contributed by atoms with Gasteiger partial charge < -0.3 is 10.3 Å². The molecule has 1 saturated carbocycles. The second-order valence-electron chi connectivity index (χ2n) is 5.15. The Hall–Kier alpha value is -0.850. The van der Waals surface area contributed by atoms with Crippen LogP contribution < -0.4 is 11.3 Å². The molecule has 0 saturated heterocycles. The van der Waals surface area contributed by atoms with Gasteiger partial charge in [0, 0.05) is 23.8 Å². The molecule has 1 aliphatic rings. The van der Waals surface area contributed by atoms with Crippen molar-refractivity contribution in [1.82, 2.24) is 14.9 Å². The molecule has 0 spiro atoms. The molecule has 1 aromatic heterocycles. The lowest BCUT2D eigenvalue weighted by atomic mass is 10.3. The highest BCUT2D eigenvalue weighted by Crippen LogP contribution is 2.39. The molecule has 0 radical (unpaired) electrons. The third-order valence-corrected chi connectivity index (χ3v) is 4.80. The summed E-state index contributed by atoms with van der Waals surface area (Å²) in [5.41, 5.74) is 3.76. The smallest absolute Gasteiger partial charge is 0.147 e. The number of nitrogen functional groups attached to an aromatic ring is 1. The van der Waals surface area contributed by atoms with Crippen LogP contribution in [-0.2, 0) is 0 Å². The summed E-state index contributed by atoms with van der Waals surface area (Å²) in [6.07, 6.45) is 2.41. The number of hydrogen-bond donors (Lipinski definition) is 2. The zero-order valence-electron chi connectivity index (χ0n) is 12.6. The van der Waals surface area contributed by atoms with Gasteiger partial charge in [0.1, 0.15) is 16.7 Å². The van der Waals surface area contributed by atoms with Crippen LogP contribution in [0.1, 0.15) is 44.0 Å². The minimum absolute atomic E-state index is 0.546. The zero-order valence-corrected chi connectivity index (χ0v) is 13.5. The summed E-state index contributed by atoms with van der Waals surface area (Å²) in [4.78, 5) is 11.7. The van der Waals surface area contributed by atoms with Gasteiger partial charge >= 0.3 is 0 Å². The van der Waals surface area contributed by atoms with Crippen molar-refractivity contribution in [2.45, 2.75) is 44.6 Å². The maximum Gasteiger partial charge on any atom is 0.147 e. The lowest BCUT2D eigenvalue weighted by Crippen LogP contribution is -2.25. The van der Waals surface area contributed by atoms with Crippen LogP contribution in [0.2, 0.25) is 0 Å². The molecule has 0 unspecified atom stereocenters. The van der Waals surface area contributed by atoms with E-state index in [1.165, 1.54) is 12.8 Å². The first-order chi connectivity index (χ1) is 9.69. The highest BCUT2D eigenvalue weighted by Gasteiger charge is 2.28. The molecular weight excluding hydrogens is 270 g/mol. The minimum Gasteiger partial charge on any atom is -0.308 e. The topological polar surface area (TPSA) is 67.1 Å². The summed E-state index contributed by atoms with van der Waals surface area (Å²) in [7, 11) is 0. The molecule has 5 nitrogen and oxygen atoms in total. The van der Waals surface area contributed by atoms with Crippen molar-refractivity contribution >= 4 is 17.6 Å². The van der Waals surface area contributed by atoms with Gasteiger partial charge in [-0.15, -0.1) is 11.8 Å². The lowest BCUT2D eigenvalue weighted by molar-refractivity contribution is 0.324. The number of nitrogens with zero attached hydrogens (tertiary/aromatic N) is 3. The number of rotatable bonds is 8. The van der Waals surface area contributed by atoms with E-state index in [2.05, 4.69) is 29.2 Å². The zero-order chi connectivity index (χ0) is 14.5. The largest absolute Gasteiger partial charge is 0.308 e. The van der Waals surface area contributed by atoms with E-state index in [0.717, 1.165) is 47.6 Å². The molecule has 0 bridgehead atoms. The fourth-order valence-corrected chi connectivity index (χ4v) is 3.14. The Bertz CT molecular complexity index is 443. The Labute approximate surface area is 125 Å². The highest BCUT2D eigenvalue weighted by molar-refractivity contribution is 7.99. The Kier molecular flexibility index (Phi) is 5.63. The van der Waals surface area contributed by atoms with Crippen molar-refractivity contribution in [3.63, 3.8) is 0 Å². The average molecular weight is 295 g/mol. The Morgan fingerprint density at radius 3 is 2.55 bits per heavy atom. The SMILES string of the molecule is CCN(CC)CCSc1nc(C2CC2)nc(NN)c1C. The molecule has 1 fully saturated rings. The van der Waals surface area contributed by atoms with E-state index < -0.39 is 0 Å². The van der Waals surface area contributed by atoms with Crippen molar-refractivity contribution < 1.29 is 0 Å². The summed E-state index contributed by atoms with van der Waals surface area (Å²) in [5.74, 6) is 8.89. The van der Waals surface area contributed by atoms with Crippen LogP contribution in [0.25, 0.3) is 0 Å². The van der Waals surface area contributed by atoms with Crippen LogP contribution in [0.15, 0.2) is 5.03 Å². The van der Waals surface area contributed by atoms with E-state index in [4.69, 9.17) is 10.8 Å². The van der Waals surface area contributed by atoms with Gasteiger partial charge in [0.05, 0.1) is 0 Å². The average Bonchev–Trinajstić information content (AvgIpc) is 3.30. The van der Waals surface area contributed by atoms with Gasteiger partial charge in [0.2, 0.25) is 0 Å². The van der Waals surface area contributed by atoms with Gasteiger partial charge in [-0.25, -0.2) is 15.8 Å². The van der Waals surface area contributed by atoms with Crippen LogP contribution in [0, 0.1) is 6.92 Å². The van der Waals surface area contributed by atoms with Gasteiger partial charge in [-0.2, -0.15) is 0 Å². The van der Waals surface area contributed by atoms with Gasteiger partial charge in [-0.3, -0.25) is 0 Å². The molecule has 1 aliphatic carbocycles. The second-order valence-corrected chi connectivity index (χ2v) is 6.24. The van der Waals surface area contributed by atoms with Crippen molar-refractivity contribution in [3.8, 4) is 0 Å². The van der Waals surface area contributed by atoms with Crippen molar-refractivity contribution in [3.05, 3.63) is 11.4 Å². The Balaban J connectivity index is 2.04. The van der Waals surface area contributed by atoms with Gasteiger partial charge in [0.25, 0.3) is 0 Å². The van der Waals surface area contributed by atoms with Crippen molar-refractivity contribution in [1.29, 1.82) is 0 Å². The summed E-state index contributed by atoms with van der Waals surface area (Å²) >= 11 is 1.81. The number of hydrazine groups is 1. The summed E-state index contributed by atoms with van der Waals surface area (Å²) in [5, 5.41) is 1.07. The fourth-order valence-electron chi connectivity index (χ4n) is 2.13. The molecule has 0 aliphatic heterocycles. The predicted molar refractivity (Wildman–Crippen MR) is 85.1 cm³/mol. The molecule has 3 N–H and O–H groups in total. The molecule has 20 heavy (non-hydrogen) atoms. The van der Waals surface area contributed by atoms with E-state index in [1.54, 1.807) is 11.8 Å². The van der Waals surface area contributed by atoms with E-state index in [9.17, 15) is 0 Å². The molecule has 6 heteroatoms. The Morgan fingerprint density at radius 2 is 2.00 bits per heavy atom. The van der Waals surface area contributed by atoms with E-state index in [-0.39, 0.29) is 0 Å². The standard InChI is InChI=1S/C14H25N5S/c1-4-19(5-2)8-9-20-14-10(3)12(18-15)16-13(17-14)11-6-7-11/h11H,4-9,15H2,1-3H3,(H,16,17,18). The van der Waals surface area contributed by atoms with E-state index in [1.807, 2.05) is 6.92 Å². The highest BCUT2D eigenvalue weighted by atomic mass is 32.2. The number of anilines is 1. The maximum absolute atomic E-state index is 5.57. The van der Waals surface area contributed by atoms with Crippen molar-refractivity contribution in [2.24, 2.45) is 5.84 Å². The summed E-state index contributed by atoms with van der Waals surface area (Å²) < 4.78 is 0. The molecule has 112 valence electrons. The first kappa shape index (κ1) is 15.5. The molecule has 1 heterocycles. The summed E-state index contributed by atoms with van der Waals surface area (Å²) in [6, 6.07) is 0. The number of aromatic nitrogens is 2. The first-order valence-corrected chi connectivity index (χ1v) is 8.38. The summed E-state index contributed by atoms with van der Waals surface area (Å²) in [6.45, 7) is 9.72. The number of hydrogen-bond acceptors (Lipinski definition) is 6. The second kappa shape index (κ2) is 7.24. The van der Waals surface area contributed by atoms with Gasteiger partial charge in [-0.05, 0) is 32.9 Å². The predicted octanol–water partition coefficient (Wildman–Crippen LogP) is 2.38.